The summed E-state index contributed by atoms with van der Waals surface area (Å²) in [6, 6.07) is 0. The molecule has 1 heterocycles. The molecule has 1 unspecified atom stereocenters. The number of methoxy groups -OCH3 is 1. The van der Waals surface area contributed by atoms with E-state index < -0.39 is 41.1 Å². The Kier molecular flexibility index (Phi) is 4.86. The van der Waals surface area contributed by atoms with Crippen molar-refractivity contribution in [2.24, 2.45) is 11.3 Å². The van der Waals surface area contributed by atoms with Gasteiger partial charge in [0.25, 0.3) is 0 Å². The van der Waals surface area contributed by atoms with Crippen molar-refractivity contribution in [2.45, 2.75) is 46.3 Å². The summed E-state index contributed by atoms with van der Waals surface area (Å²) in [6.45, 7) is 8.65. The Hall–Kier alpha value is -1.79. The highest BCUT2D eigenvalue weighted by Crippen LogP contribution is 2.39. The van der Waals surface area contributed by atoms with Gasteiger partial charge in [-0.25, -0.2) is 9.59 Å². The number of hydrogen-bond acceptors (Lipinski definition) is 6. The number of carbonyl (C=O) groups is 3. The molecule has 120 valence electrons. The number of carbonyl (C=O) groups excluding carboxylic acids is 3. The molecule has 0 aromatic carbocycles. The number of esters is 2. The van der Waals surface area contributed by atoms with Crippen LogP contribution in [-0.2, 0) is 23.8 Å². The van der Waals surface area contributed by atoms with Crippen molar-refractivity contribution in [3.8, 4) is 0 Å². The van der Waals surface area contributed by atoms with Gasteiger partial charge in [-0.05, 0) is 34.6 Å². The number of cyclic esters (lactones) is 1. The van der Waals surface area contributed by atoms with Gasteiger partial charge in [-0.15, -0.1) is 0 Å². The lowest BCUT2D eigenvalue weighted by Gasteiger charge is -2.25. The van der Waals surface area contributed by atoms with Crippen LogP contribution in [0.3, 0.4) is 0 Å². The molecule has 0 aliphatic carbocycles. The first kappa shape index (κ1) is 17.3. The van der Waals surface area contributed by atoms with Crippen molar-refractivity contribution < 1.29 is 28.6 Å². The Morgan fingerprint density at radius 1 is 1.33 bits per heavy atom. The first-order valence-corrected chi connectivity index (χ1v) is 6.75. The zero-order valence-corrected chi connectivity index (χ0v) is 13.3. The molecule has 1 aliphatic rings. The average Bonchev–Trinajstić information content (AvgIpc) is 2.55. The average molecular weight is 301 g/mol. The molecule has 0 aromatic rings. The zero-order chi connectivity index (χ0) is 16.4. The Morgan fingerprint density at radius 2 is 1.90 bits per heavy atom. The summed E-state index contributed by atoms with van der Waals surface area (Å²) in [5.74, 6) is -1.65. The fourth-order valence-corrected chi connectivity index (χ4v) is 2.08. The molecule has 1 N–H and O–H groups in total. The molecule has 0 spiro atoms. The number of amides is 1. The van der Waals surface area contributed by atoms with E-state index in [0.29, 0.717) is 0 Å². The second-order valence-corrected chi connectivity index (χ2v) is 6.56. The number of rotatable bonds is 3. The van der Waals surface area contributed by atoms with Crippen LogP contribution in [0.2, 0.25) is 0 Å². The Morgan fingerprint density at radius 3 is 2.38 bits per heavy atom. The van der Waals surface area contributed by atoms with Crippen molar-refractivity contribution in [3.05, 3.63) is 0 Å². The largest absolute Gasteiger partial charge is 0.466 e. The number of alkyl carbamates (subject to hydrolysis) is 1. The van der Waals surface area contributed by atoms with Crippen molar-refractivity contribution >= 4 is 18.0 Å². The topological polar surface area (TPSA) is 90.9 Å². The summed E-state index contributed by atoms with van der Waals surface area (Å²) in [7, 11) is 1.22. The second-order valence-electron chi connectivity index (χ2n) is 6.56. The summed E-state index contributed by atoms with van der Waals surface area (Å²) < 4.78 is 14.8. The Bertz CT molecular complexity index is 437. The van der Waals surface area contributed by atoms with E-state index in [0.717, 1.165) is 0 Å². The third-order valence-corrected chi connectivity index (χ3v) is 3.35. The minimum Gasteiger partial charge on any atom is -0.466 e. The van der Waals surface area contributed by atoms with Gasteiger partial charge < -0.3 is 19.5 Å². The molecular weight excluding hydrogens is 278 g/mol. The summed E-state index contributed by atoms with van der Waals surface area (Å²) >= 11 is 0. The molecule has 1 rings (SSSR count). The van der Waals surface area contributed by atoms with E-state index in [2.05, 4.69) is 10.1 Å². The molecule has 0 aromatic heterocycles. The highest BCUT2D eigenvalue weighted by Gasteiger charge is 2.54. The van der Waals surface area contributed by atoms with E-state index in [1.54, 1.807) is 34.6 Å². The highest BCUT2D eigenvalue weighted by atomic mass is 16.6. The molecule has 0 saturated carbocycles. The lowest BCUT2D eigenvalue weighted by atomic mass is 9.78. The van der Waals surface area contributed by atoms with Gasteiger partial charge >= 0.3 is 18.0 Å². The molecule has 0 bridgehead atoms. The number of ether oxygens (including phenoxy) is 3. The molecule has 0 radical (unpaired) electrons. The van der Waals surface area contributed by atoms with Crippen LogP contribution < -0.4 is 5.32 Å². The minimum absolute atomic E-state index is 0.0768. The predicted octanol–water partition coefficient (Wildman–Crippen LogP) is 1.25. The molecular formula is C14H23NO6. The van der Waals surface area contributed by atoms with Crippen LogP contribution in [-0.4, -0.2) is 43.4 Å². The van der Waals surface area contributed by atoms with Gasteiger partial charge in [0.05, 0.1) is 12.5 Å². The van der Waals surface area contributed by atoms with Crippen LogP contribution >= 0.6 is 0 Å². The molecule has 1 amide bonds. The Balaban J connectivity index is 2.75. The van der Waals surface area contributed by atoms with Crippen LogP contribution in [0, 0.1) is 11.3 Å². The van der Waals surface area contributed by atoms with E-state index in [1.807, 2.05) is 0 Å². The van der Waals surface area contributed by atoms with E-state index in [9.17, 15) is 14.4 Å². The first-order valence-electron chi connectivity index (χ1n) is 6.75. The first-order chi connectivity index (χ1) is 9.49. The van der Waals surface area contributed by atoms with Gasteiger partial charge in [0, 0.05) is 12.5 Å². The highest BCUT2D eigenvalue weighted by molar-refractivity contribution is 5.87. The zero-order valence-electron chi connectivity index (χ0n) is 13.3. The van der Waals surface area contributed by atoms with Crippen molar-refractivity contribution in [1.82, 2.24) is 5.32 Å². The van der Waals surface area contributed by atoms with Crippen molar-refractivity contribution in [3.63, 3.8) is 0 Å². The van der Waals surface area contributed by atoms with Gasteiger partial charge in [-0.3, -0.25) is 4.79 Å². The van der Waals surface area contributed by atoms with E-state index in [4.69, 9.17) is 9.47 Å². The maximum Gasteiger partial charge on any atom is 0.407 e. The van der Waals surface area contributed by atoms with Crippen LogP contribution in [0.1, 0.15) is 34.6 Å². The Labute approximate surface area is 124 Å². The smallest absolute Gasteiger partial charge is 0.407 e. The maximum absolute atomic E-state index is 11.8. The second kappa shape index (κ2) is 5.91. The van der Waals surface area contributed by atoms with Crippen LogP contribution in [0.5, 0.6) is 0 Å². The van der Waals surface area contributed by atoms with Crippen molar-refractivity contribution in [2.75, 3.05) is 13.7 Å². The van der Waals surface area contributed by atoms with Gasteiger partial charge in [-0.1, -0.05) is 0 Å². The number of hydrogen-bond donors (Lipinski definition) is 1. The molecule has 1 saturated heterocycles. The van der Waals surface area contributed by atoms with Gasteiger partial charge in [-0.2, -0.15) is 0 Å². The lowest BCUT2D eigenvalue weighted by Crippen LogP contribution is -2.43. The van der Waals surface area contributed by atoms with E-state index >= 15 is 0 Å². The minimum atomic E-state index is -1.02. The SMILES string of the molecule is COC(=O)C1OC(=O)C(C)(C)[C@H]1CNC(=O)OC(C)(C)C. The molecule has 2 atom stereocenters. The molecule has 21 heavy (non-hydrogen) atoms. The molecule has 1 fully saturated rings. The van der Waals surface area contributed by atoms with Gasteiger partial charge in [0.15, 0.2) is 0 Å². The third kappa shape index (κ3) is 4.09. The fraction of sp³-hybridized carbons (Fsp3) is 0.786. The molecule has 7 nitrogen and oxygen atoms in total. The monoisotopic (exact) mass is 301 g/mol. The van der Waals surface area contributed by atoms with Gasteiger partial charge in [0.2, 0.25) is 6.10 Å². The van der Waals surface area contributed by atoms with Gasteiger partial charge in [0.1, 0.15) is 5.60 Å². The quantitative estimate of drug-likeness (QED) is 0.623. The van der Waals surface area contributed by atoms with E-state index in [-0.39, 0.29) is 6.54 Å². The van der Waals surface area contributed by atoms with Crippen molar-refractivity contribution in [1.29, 1.82) is 0 Å². The summed E-state index contributed by atoms with van der Waals surface area (Å²) in [4.78, 5) is 35.2. The summed E-state index contributed by atoms with van der Waals surface area (Å²) in [5, 5.41) is 2.57. The number of nitrogens with one attached hydrogen (secondary N) is 1. The molecule has 1 aliphatic heterocycles. The third-order valence-electron chi connectivity index (χ3n) is 3.35. The lowest BCUT2D eigenvalue weighted by molar-refractivity contribution is -0.161. The standard InChI is InChI=1S/C14H23NO6/c1-13(2,3)21-12(18)15-7-8-9(10(16)19-6)20-11(17)14(8,4)5/h8-9H,7H2,1-6H3,(H,15,18)/t8-,9?/m0/s1. The van der Waals surface area contributed by atoms with Crippen LogP contribution in [0.15, 0.2) is 0 Å². The predicted molar refractivity (Wildman–Crippen MR) is 73.4 cm³/mol. The maximum atomic E-state index is 11.8. The summed E-state index contributed by atoms with van der Waals surface area (Å²) in [5.41, 5.74) is -1.52. The van der Waals surface area contributed by atoms with Crippen LogP contribution in [0.4, 0.5) is 4.79 Å². The fourth-order valence-electron chi connectivity index (χ4n) is 2.08. The van der Waals surface area contributed by atoms with E-state index in [1.165, 1.54) is 7.11 Å². The normalized spacial score (nSPS) is 24.2. The summed E-state index contributed by atoms with van der Waals surface area (Å²) in [6.07, 6.45) is -1.63. The van der Waals surface area contributed by atoms with Crippen LogP contribution in [0.25, 0.3) is 0 Å². The molecule has 7 heteroatoms.